The van der Waals surface area contributed by atoms with E-state index in [1.165, 1.54) is 70.6 Å². The number of aliphatic hydroxyl groups excluding tert-OH is 2. The van der Waals surface area contributed by atoms with E-state index in [0.717, 1.165) is 19.3 Å². The van der Waals surface area contributed by atoms with Gasteiger partial charge in [-0.2, -0.15) is 0 Å². The molecular weight excluding hydrogens is 416 g/mol. The number of aliphatic hydroxyl groups is 2. The molecule has 0 saturated carbocycles. The average molecular weight is 461 g/mol. The molecule has 0 heterocycles. The van der Waals surface area contributed by atoms with Crippen LogP contribution < -0.4 is 0 Å². The quantitative estimate of drug-likeness (QED) is 0.162. The Bertz CT molecular complexity index is 494. The van der Waals surface area contributed by atoms with Crippen molar-refractivity contribution in [2.75, 3.05) is 13.2 Å². The monoisotopic (exact) mass is 460 g/mol. The highest BCUT2D eigenvalue weighted by Crippen LogP contribution is 2.13. The normalized spacial score (nSPS) is 12.8. The Kier molecular flexibility index (Phi) is 20.1. The van der Waals surface area contributed by atoms with Gasteiger partial charge in [-0.25, -0.2) is 4.79 Å². The van der Waals surface area contributed by atoms with Gasteiger partial charge in [0, 0.05) is 6.42 Å². The van der Waals surface area contributed by atoms with Crippen LogP contribution in [0.2, 0.25) is 0 Å². The molecule has 0 saturated heterocycles. The van der Waals surface area contributed by atoms with E-state index in [0.29, 0.717) is 0 Å². The number of ether oxygens (including phenoxy) is 2. The lowest BCUT2D eigenvalue weighted by Gasteiger charge is -2.12. The summed E-state index contributed by atoms with van der Waals surface area (Å²) in [5, 5.41) is 27.2. The predicted octanol–water partition coefficient (Wildman–Crippen LogP) is 4.14. The summed E-state index contributed by atoms with van der Waals surface area (Å²) in [5.41, 5.74) is 0. The first-order valence-electron chi connectivity index (χ1n) is 12.3. The molecule has 0 aliphatic rings. The van der Waals surface area contributed by atoms with E-state index in [1.54, 1.807) is 0 Å². The van der Waals surface area contributed by atoms with Crippen LogP contribution in [0.1, 0.15) is 110 Å². The van der Waals surface area contributed by atoms with Gasteiger partial charge >= 0.3 is 17.9 Å². The molecule has 0 bridgehead atoms. The predicted molar refractivity (Wildman–Crippen MR) is 121 cm³/mol. The topological polar surface area (TPSA) is 130 Å². The summed E-state index contributed by atoms with van der Waals surface area (Å²) < 4.78 is 9.59. The van der Waals surface area contributed by atoms with Crippen molar-refractivity contribution in [3.63, 3.8) is 0 Å². The molecular formula is C24H44O8. The number of rotatable bonds is 22. The highest BCUT2D eigenvalue weighted by atomic mass is 16.6. The summed E-state index contributed by atoms with van der Waals surface area (Å²) in [5.74, 6) is -2.89. The smallest absolute Gasteiger partial charge is 0.333 e. The van der Waals surface area contributed by atoms with Crippen LogP contribution in [0.15, 0.2) is 0 Å². The molecule has 0 aliphatic heterocycles. The molecule has 8 heteroatoms. The van der Waals surface area contributed by atoms with Crippen molar-refractivity contribution in [2.45, 2.75) is 122 Å². The van der Waals surface area contributed by atoms with E-state index in [-0.39, 0.29) is 13.0 Å². The summed E-state index contributed by atoms with van der Waals surface area (Å²) in [4.78, 5) is 33.4. The molecule has 32 heavy (non-hydrogen) atoms. The number of carbonyl (C=O) groups is 3. The highest BCUT2D eigenvalue weighted by Gasteiger charge is 2.20. The number of carboxylic acids is 1. The van der Waals surface area contributed by atoms with Crippen molar-refractivity contribution in [2.24, 2.45) is 0 Å². The lowest BCUT2D eigenvalue weighted by Crippen LogP contribution is -2.28. The molecule has 0 aromatic carbocycles. The first kappa shape index (κ1) is 30.3. The zero-order chi connectivity index (χ0) is 24.0. The third kappa shape index (κ3) is 20.2. The molecule has 0 spiro atoms. The number of aliphatic carboxylic acids is 1. The molecule has 0 aromatic rings. The maximum Gasteiger partial charge on any atom is 0.333 e. The largest absolute Gasteiger partial charge is 0.479 e. The van der Waals surface area contributed by atoms with Crippen LogP contribution in [0, 0.1) is 0 Å². The molecule has 0 aromatic heterocycles. The minimum atomic E-state index is -1.84. The Hall–Kier alpha value is -1.67. The second-order valence-corrected chi connectivity index (χ2v) is 8.42. The third-order valence-electron chi connectivity index (χ3n) is 5.25. The number of unbranched alkanes of at least 4 members (excludes halogenated alkanes) is 13. The summed E-state index contributed by atoms with van der Waals surface area (Å²) in [6, 6.07) is 0. The molecule has 8 nitrogen and oxygen atoms in total. The Morgan fingerprint density at radius 1 is 0.656 bits per heavy atom. The molecule has 0 rings (SSSR count). The molecule has 0 fully saturated rings. The summed E-state index contributed by atoms with van der Waals surface area (Å²) in [6.07, 6.45) is 13.9. The standard InChI is InChI=1S/C24H44O8/c1-2-3-4-5-6-7-8-9-10-11-12-13-14-15-16-22(27)31-18-20(25)19-32-23(28)17-21(26)24(29)30/h20-21,25-26H,2-19H2,1H3,(H,29,30)/t20?,21-/m0/s1. The number of esters is 2. The third-order valence-corrected chi connectivity index (χ3v) is 5.25. The Balaban J connectivity index is 3.45. The minimum absolute atomic E-state index is 0.287. The maximum absolute atomic E-state index is 11.7. The van der Waals surface area contributed by atoms with Crippen molar-refractivity contribution in [1.82, 2.24) is 0 Å². The fraction of sp³-hybridized carbons (Fsp3) is 0.875. The van der Waals surface area contributed by atoms with E-state index in [2.05, 4.69) is 11.7 Å². The second kappa shape index (κ2) is 21.2. The van der Waals surface area contributed by atoms with Gasteiger partial charge in [0.2, 0.25) is 0 Å². The van der Waals surface area contributed by atoms with Crippen LogP contribution in [0.5, 0.6) is 0 Å². The fourth-order valence-corrected chi connectivity index (χ4v) is 3.27. The number of hydrogen-bond acceptors (Lipinski definition) is 7. The Morgan fingerprint density at radius 2 is 1.06 bits per heavy atom. The van der Waals surface area contributed by atoms with Crippen molar-refractivity contribution in [1.29, 1.82) is 0 Å². The Morgan fingerprint density at radius 3 is 1.50 bits per heavy atom. The second-order valence-electron chi connectivity index (χ2n) is 8.42. The first-order valence-corrected chi connectivity index (χ1v) is 12.3. The summed E-state index contributed by atoms with van der Waals surface area (Å²) in [7, 11) is 0. The van der Waals surface area contributed by atoms with Gasteiger partial charge in [-0.05, 0) is 6.42 Å². The van der Waals surface area contributed by atoms with Crippen molar-refractivity contribution in [3.05, 3.63) is 0 Å². The van der Waals surface area contributed by atoms with Crippen LogP contribution in [0.25, 0.3) is 0 Å². The highest BCUT2D eigenvalue weighted by molar-refractivity contribution is 5.80. The average Bonchev–Trinajstić information content (AvgIpc) is 2.76. The van der Waals surface area contributed by atoms with Crippen molar-refractivity contribution in [3.8, 4) is 0 Å². The van der Waals surface area contributed by atoms with Crippen LogP contribution in [0.4, 0.5) is 0 Å². The minimum Gasteiger partial charge on any atom is -0.479 e. The van der Waals surface area contributed by atoms with E-state index >= 15 is 0 Å². The van der Waals surface area contributed by atoms with Gasteiger partial charge in [-0.3, -0.25) is 9.59 Å². The molecule has 0 radical (unpaired) electrons. The Labute approximate surface area is 192 Å². The van der Waals surface area contributed by atoms with Crippen LogP contribution in [-0.4, -0.2) is 58.6 Å². The summed E-state index contributed by atoms with van der Waals surface area (Å²) >= 11 is 0. The molecule has 2 atom stereocenters. The molecule has 0 aliphatic carbocycles. The maximum atomic E-state index is 11.7. The van der Waals surface area contributed by atoms with Crippen LogP contribution in [0.3, 0.4) is 0 Å². The van der Waals surface area contributed by atoms with E-state index in [1.807, 2.05) is 0 Å². The SMILES string of the molecule is CCCCCCCCCCCCCCCCC(=O)OCC(O)COC(=O)C[C@H](O)C(=O)O. The number of carboxylic acid groups (broad SMARTS) is 1. The van der Waals surface area contributed by atoms with E-state index in [9.17, 15) is 19.5 Å². The zero-order valence-electron chi connectivity index (χ0n) is 19.8. The number of hydrogen-bond donors (Lipinski definition) is 3. The van der Waals surface area contributed by atoms with Gasteiger partial charge in [0.25, 0.3) is 0 Å². The molecule has 3 N–H and O–H groups in total. The fourth-order valence-electron chi connectivity index (χ4n) is 3.27. The van der Waals surface area contributed by atoms with Crippen LogP contribution >= 0.6 is 0 Å². The lowest BCUT2D eigenvalue weighted by molar-refractivity contribution is -0.159. The molecule has 0 amide bonds. The van der Waals surface area contributed by atoms with Gasteiger partial charge in [-0.15, -0.1) is 0 Å². The van der Waals surface area contributed by atoms with Crippen molar-refractivity contribution < 1.29 is 39.2 Å². The lowest BCUT2D eigenvalue weighted by atomic mass is 10.0. The van der Waals surface area contributed by atoms with E-state index < -0.39 is 43.1 Å². The van der Waals surface area contributed by atoms with Gasteiger partial charge in [0.05, 0.1) is 6.42 Å². The number of carbonyl (C=O) groups excluding carboxylic acids is 2. The van der Waals surface area contributed by atoms with Crippen molar-refractivity contribution >= 4 is 17.9 Å². The van der Waals surface area contributed by atoms with Gasteiger partial charge in [0.15, 0.2) is 6.10 Å². The zero-order valence-corrected chi connectivity index (χ0v) is 19.8. The first-order chi connectivity index (χ1) is 15.4. The van der Waals surface area contributed by atoms with E-state index in [4.69, 9.17) is 14.9 Å². The summed E-state index contributed by atoms with van der Waals surface area (Å²) in [6.45, 7) is 1.51. The van der Waals surface area contributed by atoms with Crippen LogP contribution in [-0.2, 0) is 23.9 Å². The van der Waals surface area contributed by atoms with Gasteiger partial charge in [-0.1, -0.05) is 90.4 Å². The molecule has 188 valence electrons. The molecule has 1 unspecified atom stereocenters. The van der Waals surface area contributed by atoms with Gasteiger partial charge in [0.1, 0.15) is 19.3 Å². The van der Waals surface area contributed by atoms with Gasteiger partial charge < -0.3 is 24.8 Å².